The van der Waals surface area contributed by atoms with Crippen LogP contribution >= 0.6 is 27.5 Å². The summed E-state index contributed by atoms with van der Waals surface area (Å²) in [6.45, 7) is 0.0647. The van der Waals surface area contributed by atoms with Gasteiger partial charge in [0, 0.05) is 16.6 Å². The monoisotopic (exact) mass is 356 g/mol. The van der Waals surface area contributed by atoms with Gasteiger partial charge in [-0.25, -0.2) is 4.39 Å². The lowest BCUT2D eigenvalue weighted by Gasteiger charge is -2.09. The van der Waals surface area contributed by atoms with Gasteiger partial charge in [-0.1, -0.05) is 33.6 Å². The average molecular weight is 358 g/mol. The first kappa shape index (κ1) is 14.8. The summed E-state index contributed by atoms with van der Waals surface area (Å²) in [6, 6.07) is 9.33. The molecule has 2 rings (SSSR count). The molecule has 0 saturated heterocycles. The zero-order valence-electron chi connectivity index (χ0n) is 10.3. The molecule has 6 heteroatoms. The maximum atomic E-state index is 13.5. The molecule has 0 aromatic heterocycles. The van der Waals surface area contributed by atoms with Gasteiger partial charge >= 0.3 is 0 Å². The molecule has 0 unspecified atom stereocenters. The molecule has 2 aromatic rings. The van der Waals surface area contributed by atoms with Crippen molar-refractivity contribution >= 4 is 39.1 Å². The lowest BCUT2D eigenvalue weighted by molar-refractivity contribution is 0.0951. The molecular formula is C14H11BrClFN2O. The summed E-state index contributed by atoms with van der Waals surface area (Å²) in [7, 11) is 0. The number of nitrogens with two attached hydrogens (primary N) is 1. The van der Waals surface area contributed by atoms with Crippen LogP contribution in [0, 0.1) is 5.82 Å². The van der Waals surface area contributed by atoms with Gasteiger partial charge in [0.25, 0.3) is 5.91 Å². The number of hydrogen-bond acceptors (Lipinski definition) is 2. The Morgan fingerprint density at radius 3 is 2.85 bits per heavy atom. The lowest BCUT2D eigenvalue weighted by atomic mass is 10.1. The van der Waals surface area contributed by atoms with Crippen molar-refractivity contribution in [3.8, 4) is 0 Å². The van der Waals surface area contributed by atoms with E-state index in [1.54, 1.807) is 30.3 Å². The summed E-state index contributed by atoms with van der Waals surface area (Å²) in [5.74, 6) is -0.783. The zero-order chi connectivity index (χ0) is 14.7. The number of carbonyl (C=O) groups is 1. The Balaban J connectivity index is 2.13. The number of nitrogens with one attached hydrogen (secondary N) is 1. The fraction of sp³-hybridized carbons (Fsp3) is 0.0714. The molecule has 20 heavy (non-hydrogen) atoms. The molecule has 3 nitrogen and oxygen atoms in total. The maximum absolute atomic E-state index is 13.5. The zero-order valence-corrected chi connectivity index (χ0v) is 12.6. The Bertz CT molecular complexity index is 664. The van der Waals surface area contributed by atoms with Crippen molar-refractivity contribution in [2.75, 3.05) is 5.73 Å². The van der Waals surface area contributed by atoms with Gasteiger partial charge < -0.3 is 11.1 Å². The molecule has 0 radical (unpaired) electrons. The first-order valence-corrected chi connectivity index (χ1v) is 6.92. The van der Waals surface area contributed by atoms with E-state index in [1.807, 2.05) is 0 Å². The van der Waals surface area contributed by atoms with E-state index in [4.69, 9.17) is 17.3 Å². The third kappa shape index (κ3) is 3.29. The van der Waals surface area contributed by atoms with Gasteiger partial charge in [-0.15, -0.1) is 0 Å². The van der Waals surface area contributed by atoms with Gasteiger partial charge in [0.15, 0.2) is 0 Å². The van der Waals surface area contributed by atoms with Crippen molar-refractivity contribution in [1.82, 2.24) is 5.32 Å². The summed E-state index contributed by atoms with van der Waals surface area (Å²) in [4.78, 5) is 12.0. The van der Waals surface area contributed by atoms with Crippen LogP contribution < -0.4 is 11.1 Å². The number of halogens is 3. The molecule has 1 amide bonds. The molecule has 0 spiro atoms. The Labute approximate surface area is 129 Å². The highest BCUT2D eigenvalue weighted by Gasteiger charge is 2.12. The van der Waals surface area contributed by atoms with E-state index < -0.39 is 5.91 Å². The topological polar surface area (TPSA) is 55.1 Å². The molecular weight excluding hydrogens is 347 g/mol. The number of hydrogen-bond donors (Lipinski definition) is 2. The van der Waals surface area contributed by atoms with Gasteiger partial charge in [0.05, 0.1) is 16.3 Å². The molecule has 0 fully saturated rings. The van der Waals surface area contributed by atoms with Crippen LogP contribution in [-0.4, -0.2) is 5.91 Å². The van der Waals surface area contributed by atoms with Crippen molar-refractivity contribution in [2.24, 2.45) is 0 Å². The number of carbonyl (C=O) groups excluding carboxylic acids is 1. The number of benzene rings is 2. The SMILES string of the molecule is Nc1cccc(C(=O)NCc2cc(Br)ccc2F)c1Cl. The van der Waals surface area contributed by atoms with E-state index in [0.29, 0.717) is 11.3 Å². The third-order valence-electron chi connectivity index (χ3n) is 2.72. The van der Waals surface area contributed by atoms with Crippen LogP contribution in [-0.2, 0) is 6.54 Å². The highest BCUT2D eigenvalue weighted by molar-refractivity contribution is 9.10. The van der Waals surface area contributed by atoms with Crippen molar-refractivity contribution in [1.29, 1.82) is 0 Å². The van der Waals surface area contributed by atoms with Gasteiger partial charge in [-0.3, -0.25) is 4.79 Å². The van der Waals surface area contributed by atoms with E-state index in [1.165, 1.54) is 6.07 Å². The number of anilines is 1. The van der Waals surface area contributed by atoms with E-state index in [2.05, 4.69) is 21.2 Å². The first-order chi connectivity index (χ1) is 9.49. The predicted octanol–water partition coefficient (Wildman–Crippen LogP) is 3.75. The average Bonchev–Trinajstić information content (AvgIpc) is 2.42. The molecule has 0 aliphatic carbocycles. The Hall–Kier alpha value is -1.59. The van der Waals surface area contributed by atoms with Gasteiger partial charge in [0.1, 0.15) is 5.82 Å². The summed E-state index contributed by atoms with van der Waals surface area (Å²) in [6.07, 6.45) is 0. The quantitative estimate of drug-likeness (QED) is 0.822. The molecule has 0 aliphatic rings. The van der Waals surface area contributed by atoms with Crippen LogP contribution in [0.4, 0.5) is 10.1 Å². The van der Waals surface area contributed by atoms with Crippen LogP contribution in [0.25, 0.3) is 0 Å². The van der Waals surface area contributed by atoms with Crippen LogP contribution in [0.15, 0.2) is 40.9 Å². The Morgan fingerprint density at radius 1 is 1.35 bits per heavy atom. The molecule has 0 saturated carbocycles. The normalized spacial score (nSPS) is 10.3. The predicted molar refractivity (Wildman–Crippen MR) is 81.1 cm³/mol. The molecule has 3 N–H and O–H groups in total. The van der Waals surface area contributed by atoms with Crippen LogP contribution in [0.2, 0.25) is 5.02 Å². The van der Waals surface area contributed by atoms with Gasteiger partial charge in [-0.05, 0) is 30.3 Å². The Kier molecular flexibility index (Phi) is 4.62. The fourth-order valence-electron chi connectivity index (χ4n) is 1.67. The van der Waals surface area contributed by atoms with Crippen LogP contribution in [0.3, 0.4) is 0 Å². The van der Waals surface area contributed by atoms with E-state index >= 15 is 0 Å². The highest BCUT2D eigenvalue weighted by atomic mass is 79.9. The molecule has 0 aliphatic heterocycles. The van der Waals surface area contributed by atoms with E-state index in [-0.39, 0.29) is 22.9 Å². The van der Waals surface area contributed by atoms with E-state index in [9.17, 15) is 9.18 Å². The smallest absolute Gasteiger partial charge is 0.253 e. The maximum Gasteiger partial charge on any atom is 0.253 e. The number of nitrogen functional groups attached to an aromatic ring is 1. The second-order valence-corrected chi connectivity index (χ2v) is 5.42. The van der Waals surface area contributed by atoms with Crippen molar-refractivity contribution in [3.05, 3.63) is 62.8 Å². The lowest BCUT2D eigenvalue weighted by Crippen LogP contribution is -2.23. The highest BCUT2D eigenvalue weighted by Crippen LogP contribution is 2.23. The molecule has 2 aromatic carbocycles. The Morgan fingerprint density at radius 2 is 2.10 bits per heavy atom. The van der Waals surface area contributed by atoms with Gasteiger partial charge in [0.2, 0.25) is 0 Å². The number of amides is 1. The molecule has 0 bridgehead atoms. The molecule has 0 heterocycles. The summed E-state index contributed by atoms with van der Waals surface area (Å²) in [5.41, 5.74) is 6.61. The summed E-state index contributed by atoms with van der Waals surface area (Å²) in [5, 5.41) is 2.81. The molecule has 104 valence electrons. The van der Waals surface area contributed by atoms with E-state index in [0.717, 1.165) is 4.47 Å². The van der Waals surface area contributed by atoms with Crippen molar-refractivity contribution in [2.45, 2.75) is 6.54 Å². The van der Waals surface area contributed by atoms with Crippen LogP contribution in [0.1, 0.15) is 15.9 Å². The first-order valence-electron chi connectivity index (χ1n) is 5.75. The molecule has 0 atom stereocenters. The van der Waals surface area contributed by atoms with Crippen molar-refractivity contribution in [3.63, 3.8) is 0 Å². The third-order valence-corrected chi connectivity index (χ3v) is 3.64. The minimum Gasteiger partial charge on any atom is -0.398 e. The summed E-state index contributed by atoms with van der Waals surface area (Å²) < 4.78 is 14.3. The standard InChI is InChI=1S/C14H11BrClFN2O/c15-9-4-5-11(17)8(6-9)7-19-14(20)10-2-1-3-12(18)13(10)16/h1-6H,7,18H2,(H,19,20). The minimum atomic E-state index is -0.401. The second kappa shape index (κ2) is 6.24. The summed E-state index contributed by atoms with van der Waals surface area (Å²) >= 11 is 9.21. The number of rotatable bonds is 3. The van der Waals surface area contributed by atoms with Crippen LogP contribution in [0.5, 0.6) is 0 Å². The fourth-order valence-corrected chi connectivity index (χ4v) is 2.30. The van der Waals surface area contributed by atoms with Crippen molar-refractivity contribution < 1.29 is 9.18 Å². The van der Waals surface area contributed by atoms with Gasteiger partial charge in [-0.2, -0.15) is 0 Å². The second-order valence-electron chi connectivity index (χ2n) is 4.13. The minimum absolute atomic E-state index is 0.0647. The largest absolute Gasteiger partial charge is 0.398 e.